The molecule has 0 unspecified atom stereocenters. The van der Waals surface area contributed by atoms with E-state index in [1.54, 1.807) is 0 Å². The van der Waals surface area contributed by atoms with Gasteiger partial charge in [-0.25, -0.2) is 4.90 Å². The summed E-state index contributed by atoms with van der Waals surface area (Å²) in [6, 6.07) is 14.9. The molecule has 0 bridgehead atoms. The summed E-state index contributed by atoms with van der Waals surface area (Å²) in [6.45, 7) is 3.13. The number of amides is 2. The molecular weight excluding hydrogens is 368 g/mol. The molecule has 2 aromatic carbocycles. The van der Waals surface area contributed by atoms with Gasteiger partial charge in [0.15, 0.2) is 0 Å². The Labute approximate surface area is 170 Å². The normalized spacial score (nSPS) is 19.6. The lowest BCUT2D eigenvalue weighted by Crippen LogP contribution is -2.36. The van der Waals surface area contributed by atoms with E-state index in [0.717, 1.165) is 30.2 Å². The third-order valence-corrected chi connectivity index (χ3v) is 5.36. The molecule has 2 amide bonds. The standard InChI is InChI=1S/C22H26N4O3/c1-24(2)17-5-3-16(4-6-17)23-20-15-21(27)26(22(20)28)19-9-7-18(8-10-19)25-11-13-29-14-12-25/h3-10,20,23H,11-15H2,1-2H3/t20-/m1/s1. The molecule has 1 N–H and O–H groups in total. The lowest BCUT2D eigenvalue weighted by atomic mass is 10.2. The Kier molecular flexibility index (Phi) is 5.40. The van der Waals surface area contributed by atoms with Crippen LogP contribution in [0.25, 0.3) is 0 Å². The average Bonchev–Trinajstić information content (AvgIpc) is 3.02. The second kappa shape index (κ2) is 8.13. The molecule has 2 aliphatic heterocycles. The zero-order valence-corrected chi connectivity index (χ0v) is 16.8. The summed E-state index contributed by atoms with van der Waals surface area (Å²) in [7, 11) is 3.95. The van der Waals surface area contributed by atoms with Crippen LogP contribution in [0, 0.1) is 0 Å². The number of hydrogen-bond acceptors (Lipinski definition) is 6. The van der Waals surface area contributed by atoms with Crippen molar-refractivity contribution in [3.05, 3.63) is 48.5 Å². The number of carbonyl (C=O) groups excluding carboxylic acids is 2. The van der Waals surface area contributed by atoms with Crippen molar-refractivity contribution in [3.63, 3.8) is 0 Å². The Morgan fingerprint density at radius 3 is 2.17 bits per heavy atom. The van der Waals surface area contributed by atoms with Gasteiger partial charge < -0.3 is 19.9 Å². The van der Waals surface area contributed by atoms with E-state index in [4.69, 9.17) is 4.74 Å². The first kappa shape index (κ1) is 19.3. The first-order chi connectivity index (χ1) is 14.0. The van der Waals surface area contributed by atoms with Gasteiger partial charge in [0.1, 0.15) is 6.04 Å². The van der Waals surface area contributed by atoms with Crippen molar-refractivity contribution < 1.29 is 14.3 Å². The Balaban J connectivity index is 1.45. The van der Waals surface area contributed by atoms with Crippen molar-refractivity contribution in [1.82, 2.24) is 0 Å². The lowest BCUT2D eigenvalue weighted by Gasteiger charge is -2.29. The first-order valence-electron chi connectivity index (χ1n) is 9.86. The van der Waals surface area contributed by atoms with Gasteiger partial charge in [-0.3, -0.25) is 9.59 Å². The third kappa shape index (κ3) is 4.05. The van der Waals surface area contributed by atoms with Crippen LogP contribution in [0.5, 0.6) is 0 Å². The summed E-state index contributed by atoms with van der Waals surface area (Å²) in [5.41, 5.74) is 3.59. The van der Waals surface area contributed by atoms with Crippen LogP contribution in [-0.2, 0) is 14.3 Å². The fourth-order valence-corrected chi connectivity index (χ4v) is 3.71. The Bertz CT molecular complexity index is 874. The molecule has 7 nitrogen and oxygen atoms in total. The van der Waals surface area contributed by atoms with Gasteiger partial charge in [0.2, 0.25) is 5.91 Å². The van der Waals surface area contributed by atoms with Crippen molar-refractivity contribution in [2.45, 2.75) is 12.5 Å². The summed E-state index contributed by atoms with van der Waals surface area (Å²) in [6.07, 6.45) is 0.152. The second-order valence-electron chi connectivity index (χ2n) is 7.53. The number of carbonyl (C=O) groups is 2. The number of anilines is 4. The van der Waals surface area contributed by atoms with E-state index in [9.17, 15) is 9.59 Å². The summed E-state index contributed by atoms with van der Waals surface area (Å²) in [5.74, 6) is -0.401. The zero-order valence-electron chi connectivity index (χ0n) is 16.8. The highest BCUT2D eigenvalue weighted by molar-refractivity contribution is 6.23. The van der Waals surface area contributed by atoms with E-state index in [1.165, 1.54) is 4.90 Å². The van der Waals surface area contributed by atoms with Crippen molar-refractivity contribution >= 4 is 34.6 Å². The molecule has 0 spiro atoms. The highest BCUT2D eigenvalue weighted by Crippen LogP contribution is 2.28. The number of benzene rings is 2. The Morgan fingerprint density at radius 2 is 1.55 bits per heavy atom. The zero-order chi connectivity index (χ0) is 20.4. The minimum Gasteiger partial charge on any atom is -0.378 e. The van der Waals surface area contributed by atoms with Crippen LogP contribution < -0.4 is 20.0 Å². The number of nitrogens with one attached hydrogen (secondary N) is 1. The van der Waals surface area contributed by atoms with Crippen LogP contribution in [0.2, 0.25) is 0 Å². The molecule has 0 aliphatic carbocycles. The number of imide groups is 1. The predicted molar refractivity (Wildman–Crippen MR) is 115 cm³/mol. The second-order valence-corrected chi connectivity index (χ2v) is 7.53. The molecule has 2 heterocycles. The predicted octanol–water partition coefficient (Wildman–Crippen LogP) is 2.33. The topological polar surface area (TPSA) is 65.1 Å². The molecular formula is C22H26N4O3. The molecule has 4 rings (SSSR count). The van der Waals surface area contributed by atoms with Gasteiger partial charge in [-0.1, -0.05) is 0 Å². The molecule has 2 saturated heterocycles. The summed E-state index contributed by atoms with van der Waals surface area (Å²) in [5, 5.41) is 3.20. The number of rotatable bonds is 5. The first-order valence-corrected chi connectivity index (χ1v) is 9.86. The highest BCUT2D eigenvalue weighted by atomic mass is 16.5. The van der Waals surface area contributed by atoms with Gasteiger partial charge >= 0.3 is 0 Å². The number of ether oxygens (including phenoxy) is 1. The Morgan fingerprint density at radius 1 is 0.931 bits per heavy atom. The maximum absolute atomic E-state index is 12.9. The van der Waals surface area contributed by atoms with E-state index >= 15 is 0 Å². The van der Waals surface area contributed by atoms with E-state index < -0.39 is 6.04 Å². The van der Waals surface area contributed by atoms with Crippen LogP contribution >= 0.6 is 0 Å². The van der Waals surface area contributed by atoms with Crippen LogP contribution in [-0.4, -0.2) is 58.3 Å². The van der Waals surface area contributed by atoms with Crippen molar-refractivity contribution in [2.75, 3.05) is 60.4 Å². The summed E-state index contributed by atoms with van der Waals surface area (Å²) < 4.78 is 5.38. The van der Waals surface area contributed by atoms with Gasteiger partial charge in [-0.2, -0.15) is 0 Å². The number of morpholine rings is 1. The molecule has 0 radical (unpaired) electrons. The van der Waals surface area contributed by atoms with Crippen LogP contribution in [0.4, 0.5) is 22.7 Å². The van der Waals surface area contributed by atoms with Gasteiger partial charge in [-0.05, 0) is 48.5 Å². The molecule has 7 heteroatoms. The highest BCUT2D eigenvalue weighted by Gasteiger charge is 2.39. The fourth-order valence-electron chi connectivity index (χ4n) is 3.71. The molecule has 29 heavy (non-hydrogen) atoms. The van der Waals surface area contributed by atoms with Crippen LogP contribution in [0.15, 0.2) is 48.5 Å². The molecule has 0 aromatic heterocycles. The minimum absolute atomic E-state index is 0.152. The monoisotopic (exact) mass is 394 g/mol. The van der Waals surface area contributed by atoms with Crippen molar-refractivity contribution in [2.24, 2.45) is 0 Å². The molecule has 2 aromatic rings. The van der Waals surface area contributed by atoms with Crippen molar-refractivity contribution in [1.29, 1.82) is 0 Å². The molecule has 152 valence electrons. The van der Waals surface area contributed by atoms with Gasteiger partial charge in [-0.15, -0.1) is 0 Å². The van der Waals surface area contributed by atoms with E-state index in [0.29, 0.717) is 18.9 Å². The number of hydrogen-bond donors (Lipinski definition) is 1. The van der Waals surface area contributed by atoms with Crippen LogP contribution in [0.3, 0.4) is 0 Å². The minimum atomic E-state index is -0.549. The molecule has 2 aliphatic rings. The molecule has 1 atom stereocenters. The van der Waals surface area contributed by atoms with Gasteiger partial charge in [0, 0.05) is 44.2 Å². The maximum atomic E-state index is 12.9. The largest absolute Gasteiger partial charge is 0.378 e. The maximum Gasteiger partial charge on any atom is 0.256 e. The van der Waals surface area contributed by atoms with Crippen LogP contribution in [0.1, 0.15) is 6.42 Å². The average molecular weight is 394 g/mol. The lowest BCUT2D eigenvalue weighted by molar-refractivity contribution is -0.121. The van der Waals surface area contributed by atoms with E-state index in [-0.39, 0.29) is 18.2 Å². The third-order valence-electron chi connectivity index (χ3n) is 5.36. The van der Waals surface area contributed by atoms with Gasteiger partial charge in [0.05, 0.1) is 25.3 Å². The van der Waals surface area contributed by atoms with Crippen molar-refractivity contribution in [3.8, 4) is 0 Å². The quantitative estimate of drug-likeness (QED) is 0.786. The van der Waals surface area contributed by atoms with E-state index in [2.05, 4.69) is 10.2 Å². The Hall–Kier alpha value is -3.06. The fraction of sp³-hybridized carbons (Fsp3) is 0.364. The summed E-state index contributed by atoms with van der Waals surface area (Å²) >= 11 is 0. The summed E-state index contributed by atoms with van der Waals surface area (Å²) in [4.78, 5) is 31.0. The number of nitrogens with zero attached hydrogens (tertiary/aromatic N) is 3. The smallest absolute Gasteiger partial charge is 0.256 e. The SMILES string of the molecule is CN(C)c1ccc(N[C@@H]2CC(=O)N(c3ccc(N4CCOCC4)cc3)C2=O)cc1. The van der Waals surface area contributed by atoms with Gasteiger partial charge in [0.25, 0.3) is 5.91 Å². The van der Waals surface area contributed by atoms with E-state index in [1.807, 2.05) is 67.5 Å². The molecule has 2 fully saturated rings. The molecule has 0 saturated carbocycles.